The summed E-state index contributed by atoms with van der Waals surface area (Å²) >= 11 is 0. The average Bonchev–Trinajstić information content (AvgIpc) is 2.72. The molecule has 1 aromatic heterocycles. The van der Waals surface area contributed by atoms with Crippen molar-refractivity contribution in [3.8, 4) is 5.75 Å². The van der Waals surface area contributed by atoms with Gasteiger partial charge in [0.05, 0.1) is 12.8 Å². The van der Waals surface area contributed by atoms with Gasteiger partial charge in [0.1, 0.15) is 5.75 Å². The first-order valence-corrected chi connectivity index (χ1v) is 9.69. The van der Waals surface area contributed by atoms with Crippen LogP contribution in [0.3, 0.4) is 0 Å². The van der Waals surface area contributed by atoms with Gasteiger partial charge in [-0.25, -0.2) is 9.97 Å². The molecule has 1 aromatic carbocycles. The molecule has 3 rings (SSSR count). The third-order valence-corrected chi connectivity index (χ3v) is 4.89. The fraction of sp³-hybridized carbons (Fsp3) is 0.476. The Balaban J connectivity index is 1.51. The van der Waals surface area contributed by atoms with Crippen molar-refractivity contribution < 1.29 is 9.53 Å². The summed E-state index contributed by atoms with van der Waals surface area (Å²) in [6.45, 7) is 4.25. The van der Waals surface area contributed by atoms with Crippen molar-refractivity contribution in [2.75, 3.05) is 25.5 Å². The van der Waals surface area contributed by atoms with Gasteiger partial charge in [-0.3, -0.25) is 4.79 Å². The Bertz CT molecular complexity index is 761. The maximum Gasteiger partial charge on any atom is 0.222 e. The predicted octanol–water partition coefficient (Wildman–Crippen LogP) is 3.21. The molecule has 0 saturated carbocycles. The second-order valence-electron chi connectivity index (χ2n) is 6.86. The quantitative estimate of drug-likeness (QED) is 0.775. The van der Waals surface area contributed by atoms with Gasteiger partial charge in [0.15, 0.2) is 0 Å². The van der Waals surface area contributed by atoms with Crippen molar-refractivity contribution in [3.05, 3.63) is 47.3 Å². The number of nitrogens with zero attached hydrogens (tertiary/aromatic N) is 3. The van der Waals surface area contributed by atoms with Crippen LogP contribution in [-0.4, -0.2) is 41.0 Å². The summed E-state index contributed by atoms with van der Waals surface area (Å²) in [5.74, 6) is 1.77. The van der Waals surface area contributed by atoms with Crippen LogP contribution >= 0.6 is 0 Å². The van der Waals surface area contributed by atoms with Crippen LogP contribution in [0.4, 0.5) is 5.95 Å². The molecule has 0 saturated heterocycles. The number of carbonyl (C=O) groups is 1. The molecule has 1 aliphatic heterocycles. The Morgan fingerprint density at radius 3 is 2.85 bits per heavy atom. The van der Waals surface area contributed by atoms with Gasteiger partial charge in [0.25, 0.3) is 0 Å². The number of benzene rings is 1. The molecular formula is C21H28N4O2. The number of hydrogen-bond acceptors (Lipinski definition) is 5. The van der Waals surface area contributed by atoms with Crippen molar-refractivity contribution in [3.63, 3.8) is 0 Å². The highest BCUT2D eigenvalue weighted by atomic mass is 16.5. The monoisotopic (exact) mass is 368 g/mol. The predicted molar refractivity (Wildman–Crippen MR) is 106 cm³/mol. The molecule has 0 bridgehead atoms. The fourth-order valence-corrected chi connectivity index (χ4v) is 3.21. The van der Waals surface area contributed by atoms with Crippen LogP contribution in [0.15, 0.2) is 30.5 Å². The Labute approximate surface area is 161 Å². The lowest BCUT2D eigenvalue weighted by molar-refractivity contribution is -0.132. The molecule has 0 spiro atoms. The van der Waals surface area contributed by atoms with Crippen LogP contribution in [-0.2, 0) is 24.2 Å². The third kappa shape index (κ3) is 5.18. The first-order valence-electron chi connectivity index (χ1n) is 9.69. The van der Waals surface area contributed by atoms with E-state index in [1.165, 1.54) is 5.56 Å². The van der Waals surface area contributed by atoms with Crippen LogP contribution in [0.25, 0.3) is 0 Å². The van der Waals surface area contributed by atoms with E-state index in [0.717, 1.165) is 55.8 Å². The molecule has 0 fully saturated rings. The van der Waals surface area contributed by atoms with E-state index in [1.807, 2.05) is 23.2 Å². The van der Waals surface area contributed by atoms with Gasteiger partial charge in [0, 0.05) is 44.2 Å². The Hall–Kier alpha value is -2.63. The Morgan fingerprint density at radius 1 is 1.30 bits per heavy atom. The standard InChI is InChI=1S/C21H28N4O2/c1-3-4-5-20(26)25-13-11-19-17(15-25)14-23-21(24-19)22-12-10-16-6-8-18(27-2)9-7-16/h6-9,14H,3-5,10-13,15H2,1-2H3,(H,22,23,24). The van der Waals surface area contributed by atoms with Crippen LogP contribution in [0, 0.1) is 0 Å². The van der Waals surface area contributed by atoms with E-state index < -0.39 is 0 Å². The van der Waals surface area contributed by atoms with E-state index in [0.29, 0.717) is 18.9 Å². The smallest absolute Gasteiger partial charge is 0.222 e. The second-order valence-corrected chi connectivity index (χ2v) is 6.86. The number of aromatic nitrogens is 2. The third-order valence-electron chi connectivity index (χ3n) is 4.89. The molecule has 6 nitrogen and oxygen atoms in total. The lowest BCUT2D eigenvalue weighted by Gasteiger charge is -2.28. The number of methoxy groups -OCH3 is 1. The summed E-state index contributed by atoms with van der Waals surface area (Å²) in [4.78, 5) is 23.2. The van der Waals surface area contributed by atoms with Crippen molar-refractivity contribution in [2.45, 2.75) is 45.6 Å². The van der Waals surface area contributed by atoms with Crippen molar-refractivity contribution >= 4 is 11.9 Å². The molecule has 1 aliphatic rings. The van der Waals surface area contributed by atoms with E-state index in [9.17, 15) is 4.79 Å². The van der Waals surface area contributed by atoms with E-state index >= 15 is 0 Å². The highest BCUT2D eigenvalue weighted by molar-refractivity contribution is 5.76. The Morgan fingerprint density at radius 2 is 2.11 bits per heavy atom. The molecule has 0 atom stereocenters. The average molecular weight is 368 g/mol. The van der Waals surface area contributed by atoms with E-state index in [2.05, 4.69) is 34.3 Å². The molecule has 2 heterocycles. The van der Waals surface area contributed by atoms with Gasteiger partial charge < -0.3 is 15.0 Å². The molecule has 144 valence electrons. The van der Waals surface area contributed by atoms with Crippen LogP contribution in [0.2, 0.25) is 0 Å². The van der Waals surface area contributed by atoms with Crippen molar-refractivity contribution in [1.29, 1.82) is 0 Å². The highest BCUT2D eigenvalue weighted by Crippen LogP contribution is 2.19. The minimum Gasteiger partial charge on any atom is -0.497 e. The molecule has 2 aromatic rings. The normalized spacial score (nSPS) is 13.2. The largest absolute Gasteiger partial charge is 0.497 e. The number of anilines is 1. The topological polar surface area (TPSA) is 67.4 Å². The molecule has 6 heteroatoms. The second kappa shape index (κ2) is 9.35. The molecule has 1 amide bonds. The zero-order chi connectivity index (χ0) is 19.1. The summed E-state index contributed by atoms with van der Waals surface area (Å²) in [6, 6.07) is 8.08. The lowest BCUT2D eigenvalue weighted by atomic mass is 10.1. The molecule has 1 N–H and O–H groups in total. The number of fused-ring (bicyclic) bond motifs is 1. The molecule has 0 aliphatic carbocycles. The van der Waals surface area contributed by atoms with Gasteiger partial charge in [-0.1, -0.05) is 25.5 Å². The number of nitrogens with one attached hydrogen (secondary N) is 1. The maximum atomic E-state index is 12.2. The van der Waals surface area contributed by atoms with Gasteiger partial charge in [0.2, 0.25) is 11.9 Å². The summed E-state index contributed by atoms with van der Waals surface area (Å²) in [6.07, 6.45) is 6.18. The Kier molecular flexibility index (Phi) is 6.63. The van der Waals surface area contributed by atoms with E-state index in [1.54, 1.807) is 7.11 Å². The van der Waals surface area contributed by atoms with Crippen molar-refractivity contribution in [1.82, 2.24) is 14.9 Å². The molecule has 0 radical (unpaired) electrons. The zero-order valence-electron chi connectivity index (χ0n) is 16.2. The minimum atomic E-state index is 0.240. The maximum absolute atomic E-state index is 12.2. The van der Waals surface area contributed by atoms with Crippen LogP contribution in [0.5, 0.6) is 5.75 Å². The van der Waals surface area contributed by atoms with Gasteiger partial charge in [-0.2, -0.15) is 0 Å². The first-order chi connectivity index (χ1) is 13.2. The van der Waals surface area contributed by atoms with Gasteiger partial charge in [-0.05, 0) is 30.5 Å². The van der Waals surface area contributed by atoms with Crippen molar-refractivity contribution in [2.24, 2.45) is 0 Å². The van der Waals surface area contributed by atoms with E-state index in [-0.39, 0.29) is 5.91 Å². The van der Waals surface area contributed by atoms with Gasteiger partial charge in [-0.15, -0.1) is 0 Å². The molecular weight excluding hydrogens is 340 g/mol. The zero-order valence-corrected chi connectivity index (χ0v) is 16.2. The summed E-state index contributed by atoms with van der Waals surface area (Å²) in [5, 5.41) is 3.30. The molecule has 27 heavy (non-hydrogen) atoms. The number of unbranched alkanes of at least 4 members (excludes halogenated alkanes) is 1. The summed E-state index contributed by atoms with van der Waals surface area (Å²) in [5.41, 5.74) is 3.35. The first kappa shape index (κ1) is 19.1. The highest BCUT2D eigenvalue weighted by Gasteiger charge is 2.21. The SMILES string of the molecule is CCCCC(=O)N1CCc2nc(NCCc3ccc(OC)cc3)ncc2C1. The number of ether oxygens (including phenoxy) is 1. The number of hydrogen-bond donors (Lipinski definition) is 1. The lowest BCUT2D eigenvalue weighted by Crippen LogP contribution is -2.36. The minimum absolute atomic E-state index is 0.240. The number of amides is 1. The fourth-order valence-electron chi connectivity index (χ4n) is 3.21. The number of carbonyl (C=O) groups excluding carboxylic acids is 1. The van der Waals surface area contributed by atoms with Crippen LogP contribution < -0.4 is 10.1 Å². The van der Waals surface area contributed by atoms with Crippen LogP contribution in [0.1, 0.15) is 43.0 Å². The van der Waals surface area contributed by atoms with E-state index in [4.69, 9.17) is 4.74 Å². The number of rotatable bonds is 8. The summed E-state index contributed by atoms with van der Waals surface area (Å²) in [7, 11) is 1.67. The van der Waals surface area contributed by atoms with Gasteiger partial charge >= 0.3 is 0 Å². The summed E-state index contributed by atoms with van der Waals surface area (Å²) < 4.78 is 5.18. The molecule has 0 unspecified atom stereocenters.